The monoisotopic (exact) mass is 332 g/mol. The van der Waals surface area contributed by atoms with Crippen molar-refractivity contribution in [2.45, 2.75) is 30.7 Å². The zero-order chi connectivity index (χ0) is 13.3. The number of hydrogen-bond donors (Lipinski definition) is 1. The minimum Gasteiger partial charge on any atom is -0.329 e. The van der Waals surface area contributed by atoms with Crippen molar-refractivity contribution in [1.29, 1.82) is 0 Å². The van der Waals surface area contributed by atoms with Gasteiger partial charge in [0.15, 0.2) is 0 Å². The summed E-state index contributed by atoms with van der Waals surface area (Å²) in [7, 11) is -3.45. The molecule has 0 spiro atoms. The summed E-state index contributed by atoms with van der Waals surface area (Å²) in [5.74, 6) is 0. The van der Waals surface area contributed by atoms with Gasteiger partial charge in [0.25, 0.3) is 0 Å². The van der Waals surface area contributed by atoms with Gasteiger partial charge in [-0.2, -0.15) is 4.31 Å². The van der Waals surface area contributed by atoms with Gasteiger partial charge in [-0.15, -0.1) is 0 Å². The summed E-state index contributed by atoms with van der Waals surface area (Å²) < 4.78 is 27.4. The van der Waals surface area contributed by atoms with Crippen molar-refractivity contribution in [3.63, 3.8) is 0 Å². The van der Waals surface area contributed by atoms with Crippen LogP contribution >= 0.6 is 15.9 Å². The van der Waals surface area contributed by atoms with Gasteiger partial charge in [-0.1, -0.05) is 6.07 Å². The quantitative estimate of drug-likeness (QED) is 0.918. The van der Waals surface area contributed by atoms with Crippen molar-refractivity contribution in [1.82, 2.24) is 4.31 Å². The predicted molar refractivity (Wildman–Crippen MR) is 74.8 cm³/mol. The molecule has 1 aromatic carbocycles. The fourth-order valence-corrected chi connectivity index (χ4v) is 5.01. The van der Waals surface area contributed by atoms with Gasteiger partial charge in [-0.05, 0) is 53.4 Å². The van der Waals surface area contributed by atoms with Crippen LogP contribution in [0.1, 0.15) is 18.4 Å². The summed E-state index contributed by atoms with van der Waals surface area (Å²) in [5, 5.41) is 0. The zero-order valence-electron chi connectivity index (χ0n) is 10.3. The Labute approximate surface area is 116 Å². The normalized spacial score (nSPS) is 21.4. The van der Waals surface area contributed by atoms with E-state index in [2.05, 4.69) is 15.9 Å². The minimum absolute atomic E-state index is 0.0672. The lowest BCUT2D eigenvalue weighted by molar-refractivity contribution is 0.393. The molecule has 1 heterocycles. The van der Waals surface area contributed by atoms with E-state index in [1.54, 1.807) is 12.1 Å². The number of rotatable bonds is 3. The van der Waals surface area contributed by atoms with Gasteiger partial charge in [0, 0.05) is 23.6 Å². The van der Waals surface area contributed by atoms with E-state index >= 15 is 0 Å². The molecule has 0 aromatic heterocycles. The Bertz CT molecular complexity index is 545. The largest absolute Gasteiger partial charge is 0.329 e. The second-order valence-electron chi connectivity index (χ2n) is 4.58. The van der Waals surface area contributed by atoms with E-state index in [4.69, 9.17) is 5.73 Å². The molecule has 0 amide bonds. The number of hydrogen-bond acceptors (Lipinski definition) is 3. The summed E-state index contributed by atoms with van der Waals surface area (Å²) >= 11 is 3.32. The molecule has 18 heavy (non-hydrogen) atoms. The average molecular weight is 333 g/mol. The van der Waals surface area contributed by atoms with Crippen molar-refractivity contribution in [3.8, 4) is 0 Å². The smallest absolute Gasteiger partial charge is 0.244 e. The van der Waals surface area contributed by atoms with Crippen LogP contribution < -0.4 is 5.73 Å². The van der Waals surface area contributed by atoms with Gasteiger partial charge in [-0.3, -0.25) is 0 Å². The highest BCUT2D eigenvalue weighted by Crippen LogP contribution is 2.30. The molecule has 1 atom stereocenters. The first-order valence-corrected chi connectivity index (χ1v) is 8.18. The SMILES string of the molecule is Cc1ccc(Br)c(S(=O)(=O)N2CCC[C@@H]2CN)c1. The average Bonchev–Trinajstić information content (AvgIpc) is 2.81. The van der Waals surface area contributed by atoms with E-state index < -0.39 is 10.0 Å². The first-order valence-electron chi connectivity index (χ1n) is 5.95. The van der Waals surface area contributed by atoms with Crippen LogP contribution in [0.5, 0.6) is 0 Å². The third-order valence-electron chi connectivity index (χ3n) is 3.27. The standard InChI is InChI=1S/C12H17BrN2O2S/c1-9-4-5-11(13)12(7-9)18(16,17)15-6-2-3-10(15)8-14/h4-5,7,10H,2-3,6,8,14H2,1H3/t10-/m1/s1. The number of benzene rings is 1. The lowest BCUT2D eigenvalue weighted by atomic mass is 10.2. The maximum absolute atomic E-state index is 12.6. The first-order chi connectivity index (χ1) is 8.46. The van der Waals surface area contributed by atoms with Gasteiger partial charge in [0.2, 0.25) is 10.0 Å². The molecule has 1 aliphatic rings. The molecule has 0 aliphatic carbocycles. The Kier molecular flexibility index (Phi) is 4.11. The van der Waals surface area contributed by atoms with Crippen molar-refractivity contribution in [2.75, 3.05) is 13.1 Å². The van der Waals surface area contributed by atoms with Crippen LogP contribution in [0.2, 0.25) is 0 Å². The molecular formula is C12H17BrN2O2S. The van der Waals surface area contributed by atoms with E-state index in [-0.39, 0.29) is 6.04 Å². The van der Waals surface area contributed by atoms with Crippen LogP contribution in [0.4, 0.5) is 0 Å². The van der Waals surface area contributed by atoms with Crippen LogP contribution in [0.15, 0.2) is 27.6 Å². The molecule has 1 fully saturated rings. The van der Waals surface area contributed by atoms with Crippen molar-refractivity contribution in [3.05, 3.63) is 28.2 Å². The topological polar surface area (TPSA) is 63.4 Å². The predicted octanol–water partition coefficient (Wildman–Crippen LogP) is 1.87. The highest BCUT2D eigenvalue weighted by molar-refractivity contribution is 9.10. The fraction of sp³-hybridized carbons (Fsp3) is 0.500. The van der Waals surface area contributed by atoms with Crippen LogP contribution in [-0.4, -0.2) is 31.9 Å². The van der Waals surface area contributed by atoms with E-state index in [0.717, 1.165) is 18.4 Å². The van der Waals surface area contributed by atoms with Crippen LogP contribution in [0.25, 0.3) is 0 Å². The highest BCUT2D eigenvalue weighted by atomic mass is 79.9. The highest BCUT2D eigenvalue weighted by Gasteiger charge is 2.35. The van der Waals surface area contributed by atoms with E-state index in [0.29, 0.717) is 22.5 Å². The Hall–Kier alpha value is -0.430. The van der Waals surface area contributed by atoms with Crippen LogP contribution in [-0.2, 0) is 10.0 Å². The molecule has 0 bridgehead atoms. The van der Waals surface area contributed by atoms with Gasteiger partial charge >= 0.3 is 0 Å². The molecule has 0 radical (unpaired) electrons. The number of halogens is 1. The lowest BCUT2D eigenvalue weighted by Gasteiger charge is -2.23. The molecule has 2 N–H and O–H groups in total. The van der Waals surface area contributed by atoms with Gasteiger partial charge in [-0.25, -0.2) is 8.42 Å². The van der Waals surface area contributed by atoms with Crippen molar-refractivity contribution < 1.29 is 8.42 Å². The maximum atomic E-state index is 12.6. The zero-order valence-corrected chi connectivity index (χ0v) is 12.7. The van der Waals surface area contributed by atoms with Gasteiger partial charge < -0.3 is 5.73 Å². The summed E-state index contributed by atoms with van der Waals surface area (Å²) in [6.45, 7) is 2.82. The molecule has 2 rings (SSSR count). The van der Waals surface area contributed by atoms with E-state index in [9.17, 15) is 8.42 Å². The molecule has 6 heteroatoms. The van der Waals surface area contributed by atoms with Gasteiger partial charge in [0.05, 0.1) is 4.90 Å². The number of aryl methyl sites for hydroxylation is 1. The summed E-state index contributed by atoms with van der Waals surface area (Å²) in [6.07, 6.45) is 1.73. The minimum atomic E-state index is -3.45. The Morgan fingerprint density at radius 2 is 2.22 bits per heavy atom. The van der Waals surface area contributed by atoms with Crippen LogP contribution in [0.3, 0.4) is 0 Å². The third kappa shape index (κ3) is 2.47. The third-order valence-corrected chi connectivity index (χ3v) is 6.21. The lowest BCUT2D eigenvalue weighted by Crippen LogP contribution is -2.40. The summed E-state index contributed by atoms with van der Waals surface area (Å²) in [5.41, 5.74) is 6.58. The molecule has 0 saturated carbocycles. The number of sulfonamides is 1. The second kappa shape index (κ2) is 5.28. The Morgan fingerprint density at radius 3 is 2.89 bits per heavy atom. The molecular weight excluding hydrogens is 316 g/mol. The van der Waals surface area contributed by atoms with Gasteiger partial charge in [0.1, 0.15) is 0 Å². The Morgan fingerprint density at radius 1 is 1.50 bits per heavy atom. The summed E-state index contributed by atoms with van der Waals surface area (Å²) in [6, 6.07) is 5.29. The molecule has 1 aromatic rings. The number of nitrogens with two attached hydrogens (primary N) is 1. The molecule has 4 nitrogen and oxygen atoms in total. The molecule has 1 aliphatic heterocycles. The Balaban J connectivity index is 2.45. The van der Waals surface area contributed by atoms with Crippen LogP contribution in [0, 0.1) is 6.92 Å². The second-order valence-corrected chi connectivity index (χ2v) is 7.29. The van der Waals surface area contributed by atoms with E-state index in [1.807, 2.05) is 13.0 Å². The molecule has 1 saturated heterocycles. The fourth-order valence-electron chi connectivity index (χ4n) is 2.30. The molecule has 100 valence electrons. The van der Waals surface area contributed by atoms with Crippen molar-refractivity contribution in [2.24, 2.45) is 5.73 Å². The molecule has 0 unspecified atom stereocenters. The number of nitrogens with zero attached hydrogens (tertiary/aromatic N) is 1. The maximum Gasteiger partial charge on any atom is 0.244 e. The van der Waals surface area contributed by atoms with E-state index in [1.165, 1.54) is 4.31 Å². The van der Waals surface area contributed by atoms with Crippen molar-refractivity contribution >= 4 is 26.0 Å². The summed E-state index contributed by atoms with van der Waals surface area (Å²) in [4.78, 5) is 0.336. The first kappa shape index (κ1) is 14.0.